The lowest BCUT2D eigenvalue weighted by Crippen LogP contribution is -2.01. The molecule has 0 aliphatic carbocycles. The maximum atomic E-state index is 13.4. The number of thioether (sulfide) groups is 1. The number of hydrogen-bond acceptors (Lipinski definition) is 4. The highest BCUT2D eigenvalue weighted by molar-refractivity contribution is 7.98. The van der Waals surface area contributed by atoms with Gasteiger partial charge in [0.05, 0.1) is 19.1 Å². The molecule has 18 heavy (non-hydrogen) atoms. The van der Waals surface area contributed by atoms with E-state index in [2.05, 4.69) is 14.7 Å². The van der Waals surface area contributed by atoms with Crippen molar-refractivity contribution in [2.75, 3.05) is 7.11 Å². The summed E-state index contributed by atoms with van der Waals surface area (Å²) in [4.78, 5) is 18.6. The number of methoxy groups -OCH3 is 1. The van der Waals surface area contributed by atoms with Crippen LogP contribution < -0.4 is 0 Å². The molecule has 0 unspecified atom stereocenters. The summed E-state index contributed by atoms with van der Waals surface area (Å²) in [7, 11) is 1.30. The fourth-order valence-corrected chi connectivity index (χ4v) is 2.18. The number of aromatic nitrogens is 2. The Balaban J connectivity index is 2.01. The van der Waals surface area contributed by atoms with Gasteiger partial charge in [-0.3, -0.25) is 0 Å². The quantitative estimate of drug-likeness (QED) is 0.682. The van der Waals surface area contributed by atoms with Gasteiger partial charge in [-0.1, -0.05) is 12.1 Å². The van der Waals surface area contributed by atoms with Crippen LogP contribution in [0.1, 0.15) is 16.3 Å². The first-order valence-electron chi connectivity index (χ1n) is 5.20. The summed E-state index contributed by atoms with van der Waals surface area (Å²) in [6.07, 6.45) is 1.41. The summed E-state index contributed by atoms with van der Waals surface area (Å²) >= 11 is 1.31. The van der Waals surface area contributed by atoms with Crippen LogP contribution in [0.5, 0.6) is 0 Å². The Labute approximate surface area is 108 Å². The lowest BCUT2D eigenvalue weighted by Gasteiger charge is -2.00. The lowest BCUT2D eigenvalue weighted by atomic mass is 10.3. The van der Waals surface area contributed by atoms with Crippen molar-refractivity contribution in [3.63, 3.8) is 0 Å². The molecule has 0 radical (unpaired) electrons. The van der Waals surface area contributed by atoms with Crippen LogP contribution in [-0.2, 0) is 10.5 Å². The lowest BCUT2D eigenvalue weighted by molar-refractivity contribution is 0.0594. The molecule has 2 aromatic rings. The van der Waals surface area contributed by atoms with E-state index in [-0.39, 0.29) is 5.82 Å². The molecular formula is C12H11FN2O2S. The van der Waals surface area contributed by atoms with Gasteiger partial charge in [-0.15, -0.1) is 11.8 Å². The number of H-pyrrole nitrogens is 1. The average molecular weight is 266 g/mol. The van der Waals surface area contributed by atoms with E-state index >= 15 is 0 Å². The van der Waals surface area contributed by atoms with Crippen LogP contribution >= 0.6 is 11.8 Å². The van der Waals surface area contributed by atoms with Crippen LogP contribution in [0.2, 0.25) is 0 Å². The average Bonchev–Trinajstić information content (AvgIpc) is 2.86. The third-order valence-electron chi connectivity index (χ3n) is 2.23. The molecule has 2 rings (SSSR count). The van der Waals surface area contributed by atoms with Crippen LogP contribution in [0.25, 0.3) is 0 Å². The molecule has 1 aromatic carbocycles. The number of nitrogens with zero attached hydrogens (tertiary/aromatic N) is 1. The first-order valence-corrected chi connectivity index (χ1v) is 6.19. The van der Waals surface area contributed by atoms with E-state index in [1.165, 1.54) is 31.1 Å². The molecule has 0 bridgehead atoms. The summed E-state index contributed by atoms with van der Waals surface area (Å²) in [5.74, 6) is 0.327. The summed E-state index contributed by atoms with van der Waals surface area (Å²) in [6, 6.07) is 6.52. The predicted octanol–water partition coefficient (Wildman–Crippen LogP) is 2.63. The number of benzene rings is 1. The number of aromatic amines is 1. The van der Waals surface area contributed by atoms with Crippen molar-refractivity contribution in [3.05, 3.63) is 47.8 Å². The van der Waals surface area contributed by atoms with Crippen molar-refractivity contribution >= 4 is 17.7 Å². The molecule has 0 aliphatic rings. The number of hydrogen-bond donors (Lipinski definition) is 1. The summed E-state index contributed by atoms with van der Waals surface area (Å²) in [6.45, 7) is 0. The standard InChI is InChI=1S/C12H11FN2O2S/c1-17-12(16)9-6-14-11(15-9)7-18-10-5-3-2-4-8(10)13/h2-6H,7H2,1H3,(H,14,15). The van der Waals surface area contributed by atoms with Gasteiger partial charge in [-0.2, -0.15) is 0 Å². The van der Waals surface area contributed by atoms with Crippen LogP contribution in [0.3, 0.4) is 0 Å². The number of carbonyl (C=O) groups excluding carboxylic acids is 1. The molecule has 0 aliphatic heterocycles. The van der Waals surface area contributed by atoms with Crippen molar-refractivity contribution in [2.24, 2.45) is 0 Å². The molecule has 0 atom stereocenters. The number of ether oxygens (including phenoxy) is 1. The highest BCUT2D eigenvalue weighted by atomic mass is 32.2. The van der Waals surface area contributed by atoms with Gasteiger partial charge in [0, 0.05) is 4.90 Å². The van der Waals surface area contributed by atoms with E-state index in [9.17, 15) is 9.18 Å². The number of nitrogens with one attached hydrogen (secondary N) is 1. The number of carbonyl (C=O) groups is 1. The van der Waals surface area contributed by atoms with Crippen molar-refractivity contribution in [1.29, 1.82) is 0 Å². The fourth-order valence-electron chi connectivity index (χ4n) is 1.36. The van der Waals surface area contributed by atoms with Crippen molar-refractivity contribution in [2.45, 2.75) is 10.6 Å². The summed E-state index contributed by atoms with van der Waals surface area (Å²) in [5, 5.41) is 0. The zero-order chi connectivity index (χ0) is 13.0. The van der Waals surface area contributed by atoms with E-state index < -0.39 is 5.97 Å². The second-order valence-electron chi connectivity index (χ2n) is 3.45. The highest BCUT2D eigenvalue weighted by Gasteiger charge is 2.10. The first-order chi connectivity index (χ1) is 8.70. The van der Waals surface area contributed by atoms with Crippen molar-refractivity contribution in [1.82, 2.24) is 9.97 Å². The largest absolute Gasteiger partial charge is 0.464 e. The Hall–Kier alpha value is -1.82. The molecule has 0 saturated heterocycles. The number of rotatable bonds is 4. The first kappa shape index (κ1) is 12.6. The normalized spacial score (nSPS) is 10.3. The van der Waals surface area contributed by atoms with E-state index in [0.29, 0.717) is 22.2 Å². The second kappa shape index (κ2) is 5.68. The zero-order valence-electron chi connectivity index (χ0n) is 9.64. The minimum absolute atomic E-state index is 0.262. The fraction of sp³-hybridized carbons (Fsp3) is 0.167. The molecule has 0 saturated carbocycles. The van der Waals surface area contributed by atoms with Crippen LogP contribution in [0, 0.1) is 5.82 Å². The van der Waals surface area contributed by atoms with Crippen molar-refractivity contribution < 1.29 is 13.9 Å². The molecule has 1 heterocycles. The Morgan fingerprint density at radius 1 is 1.50 bits per heavy atom. The third-order valence-corrected chi connectivity index (χ3v) is 3.29. The van der Waals surface area contributed by atoms with Gasteiger partial charge in [-0.05, 0) is 12.1 Å². The van der Waals surface area contributed by atoms with Gasteiger partial charge in [0.2, 0.25) is 0 Å². The Morgan fingerprint density at radius 3 is 3.00 bits per heavy atom. The monoisotopic (exact) mass is 266 g/mol. The van der Waals surface area contributed by atoms with Gasteiger partial charge in [-0.25, -0.2) is 14.2 Å². The van der Waals surface area contributed by atoms with Crippen LogP contribution in [0.15, 0.2) is 35.4 Å². The smallest absolute Gasteiger partial charge is 0.356 e. The van der Waals surface area contributed by atoms with E-state index in [4.69, 9.17) is 0 Å². The van der Waals surface area contributed by atoms with E-state index in [0.717, 1.165) is 0 Å². The van der Waals surface area contributed by atoms with Gasteiger partial charge in [0.25, 0.3) is 0 Å². The van der Waals surface area contributed by atoms with Crippen LogP contribution in [0.4, 0.5) is 4.39 Å². The maximum Gasteiger partial charge on any atom is 0.356 e. The van der Waals surface area contributed by atoms with Gasteiger partial charge >= 0.3 is 5.97 Å². The minimum Gasteiger partial charge on any atom is -0.464 e. The molecule has 0 amide bonds. The SMILES string of the molecule is COC(=O)c1cnc(CSc2ccccc2F)[nH]1. The predicted molar refractivity (Wildman–Crippen MR) is 65.9 cm³/mol. The highest BCUT2D eigenvalue weighted by Crippen LogP contribution is 2.24. The van der Waals surface area contributed by atoms with E-state index in [1.807, 2.05) is 0 Å². The van der Waals surface area contributed by atoms with Crippen molar-refractivity contribution in [3.8, 4) is 0 Å². The zero-order valence-corrected chi connectivity index (χ0v) is 10.5. The second-order valence-corrected chi connectivity index (χ2v) is 4.47. The van der Waals surface area contributed by atoms with Crippen LogP contribution in [-0.4, -0.2) is 23.0 Å². The number of halogens is 1. The Morgan fingerprint density at radius 2 is 2.28 bits per heavy atom. The Bertz CT molecular complexity index is 557. The molecule has 0 spiro atoms. The molecule has 1 aromatic heterocycles. The van der Waals surface area contributed by atoms with Gasteiger partial charge in [0.15, 0.2) is 0 Å². The topological polar surface area (TPSA) is 55.0 Å². The van der Waals surface area contributed by atoms with Gasteiger partial charge in [0.1, 0.15) is 17.3 Å². The minimum atomic E-state index is -0.468. The Kier molecular flexibility index (Phi) is 3.99. The maximum absolute atomic E-state index is 13.4. The molecule has 6 heteroatoms. The van der Waals surface area contributed by atoms with Gasteiger partial charge < -0.3 is 9.72 Å². The molecule has 1 N–H and O–H groups in total. The van der Waals surface area contributed by atoms with E-state index in [1.54, 1.807) is 18.2 Å². The molecule has 4 nitrogen and oxygen atoms in total. The number of imidazole rings is 1. The summed E-state index contributed by atoms with van der Waals surface area (Å²) in [5.41, 5.74) is 0.293. The molecular weight excluding hydrogens is 255 g/mol. The summed E-state index contributed by atoms with van der Waals surface area (Å²) < 4.78 is 17.9. The number of esters is 1. The third kappa shape index (κ3) is 2.89. The molecule has 0 fully saturated rings. The molecule has 94 valence electrons.